The summed E-state index contributed by atoms with van der Waals surface area (Å²) in [6, 6.07) is 16.7. The molecule has 0 N–H and O–H groups in total. The Hall–Kier alpha value is -3.60. The molecule has 196 valence electrons. The molecule has 1 aliphatic heterocycles. The quantitative estimate of drug-likeness (QED) is 0.234. The number of hydrogen-bond acceptors (Lipinski definition) is 6. The monoisotopic (exact) mass is 572 g/mol. The van der Waals surface area contributed by atoms with Crippen LogP contribution < -0.4 is 9.47 Å². The molecule has 0 atom stereocenters. The largest absolute Gasteiger partial charge is 0.493 e. The van der Waals surface area contributed by atoms with Crippen LogP contribution >= 0.6 is 23.4 Å². The Morgan fingerprint density at radius 1 is 1.11 bits per heavy atom. The maximum Gasteiger partial charge on any atom is 0.284 e. The number of ether oxygens (including phenoxy) is 2. The zero-order valence-electron chi connectivity index (χ0n) is 20.1. The van der Waals surface area contributed by atoms with Crippen LogP contribution in [0.5, 0.6) is 11.5 Å². The number of carbonyl (C=O) groups is 1. The second-order valence-corrected chi connectivity index (χ2v) is 10.9. The van der Waals surface area contributed by atoms with Crippen molar-refractivity contribution < 1.29 is 27.1 Å². The highest BCUT2D eigenvalue weighted by Gasteiger charge is 2.34. The molecule has 4 rings (SSSR count). The van der Waals surface area contributed by atoms with Crippen LogP contribution in [0.2, 0.25) is 5.02 Å². The van der Waals surface area contributed by atoms with Gasteiger partial charge in [0.15, 0.2) is 16.7 Å². The maximum absolute atomic E-state index is 13.3. The Kier molecular flexibility index (Phi) is 8.55. The number of thioether (sulfide) groups is 1. The summed E-state index contributed by atoms with van der Waals surface area (Å²) in [5, 5.41) is 0.539. The number of methoxy groups -OCH3 is 1. The standard InChI is InChI=1S/C27H22ClFN2O5S2/c1-3-14-31-26(32)25(37-27(31)30-38(33,34)21-11-9-20(29)10-12-21)16-18-8-13-23(35-2)24(15-18)36-17-19-6-4-5-7-22(19)28/h3-13,15-16H,1,14,17H2,2H3. The summed E-state index contributed by atoms with van der Waals surface area (Å²) >= 11 is 7.14. The summed E-state index contributed by atoms with van der Waals surface area (Å²) in [4.78, 5) is 14.4. The lowest BCUT2D eigenvalue weighted by Gasteiger charge is -2.13. The predicted octanol–water partition coefficient (Wildman–Crippen LogP) is 5.91. The van der Waals surface area contributed by atoms with Crippen LogP contribution in [-0.4, -0.2) is 38.0 Å². The Morgan fingerprint density at radius 2 is 1.84 bits per heavy atom. The lowest BCUT2D eigenvalue weighted by atomic mass is 10.1. The van der Waals surface area contributed by atoms with E-state index < -0.39 is 21.7 Å². The first-order valence-electron chi connectivity index (χ1n) is 11.2. The molecular formula is C27H22ClFN2O5S2. The Morgan fingerprint density at radius 3 is 2.53 bits per heavy atom. The van der Waals surface area contributed by atoms with Crippen molar-refractivity contribution in [2.24, 2.45) is 4.40 Å². The van der Waals surface area contributed by atoms with Gasteiger partial charge in [0.1, 0.15) is 12.4 Å². The van der Waals surface area contributed by atoms with Gasteiger partial charge in [0.2, 0.25) is 0 Å². The van der Waals surface area contributed by atoms with Crippen molar-refractivity contribution in [3.63, 3.8) is 0 Å². The molecule has 3 aromatic rings. The molecule has 0 aromatic heterocycles. The molecule has 1 aliphatic rings. The first-order chi connectivity index (χ1) is 18.2. The fraction of sp³-hybridized carbons (Fsp3) is 0.111. The average molecular weight is 573 g/mol. The van der Waals surface area contributed by atoms with Gasteiger partial charge in [-0.15, -0.1) is 11.0 Å². The Bertz CT molecular complexity index is 1540. The Labute approximate surface area is 229 Å². The number of halogens is 2. The van der Waals surface area contributed by atoms with E-state index in [1.807, 2.05) is 18.2 Å². The molecule has 0 unspecified atom stereocenters. The molecule has 7 nitrogen and oxygen atoms in total. The maximum atomic E-state index is 13.3. The van der Waals surface area contributed by atoms with Crippen LogP contribution in [0.4, 0.5) is 4.39 Å². The van der Waals surface area contributed by atoms with Gasteiger partial charge in [-0.25, -0.2) is 4.39 Å². The van der Waals surface area contributed by atoms with Crippen molar-refractivity contribution in [3.8, 4) is 11.5 Å². The number of sulfonamides is 1. The van der Waals surface area contributed by atoms with Crippen molar-refractivity contribution in [3.05, 3.63) is 106 Å². The fourth-order valence-electron chi connectivity index (χ4n) is 3.45. The highest BCUT2D eigenvalue weighted by atomic mass is 35.5. The zero-order valence-corrected chi connectivity index (χ0v) is 22.5. The van der Waals surface area contributed by atoms with E-state index >= 15 is 0 Å². The third-order valence-electron chi connectivity index (χ3n) is 5.34. The minimum atomic E-state index is -4.19. The molecule has 0 aliphatic carbocycles. The molecular weight excluding hydrogens is 551 g/mol. The smallest absolute Gasteiger partial charge is 0.284 e. The molecule has 1 fully saturated rings. The lowest BCUT2D eigenvalue weighted by molar-refractivity contribution is -0.121. The van der Waals surface area contributed by atoms with Crippen LogP contribution in [-0.2, 0) is 21.4 Å². The number of rotatable bonds is 9. The third kappa shape index (κ3) is 6.27. The van der Waals surface area contributed by atoms with Crippen LogP contribution in [0.3, 0.4) is 0 Å². The van der Waals surface area contributed by atoms with Gasteiger partial charge in [-0.2, -0.15) is 8.42 Å². The minimum absolute atomic E-state index is 0.0332. The number of hydrogen-bond donors (Lipinski definition) is 0. The van der Waals surface area contributed by atoms with Gasteiger partial charge in [-0.1, -0.05) is 41.9 Å². The molecule has 0 bridgehead atoms. The number of amidine groups is 1. The highest BCUT2D eigenvalue weighted by molar-refractivity contribution is 8.19. The van der Waals surface area contributed by atoms with Gasteiger partial charge in [0.05, 0.1) is 16.9 Å². The number of amides is 1. The molecule has 1 amide bonds. The normalized spacial score (nSPS) is 15.8. The van der Waals surface area contributed by atoms with Crippen molar-refractivity contribution in [1.82, 2.24) is 4.90 Å². The summed E-state index contributed by atoms with van der Waals surface area (Å²) in [6.45, 7) is 3.89. The first kappa shape index (κ1) is 27.4. The van der Waals surface area contributed by atoms with E-state index in [1.165, 1.54) is 18.1 Å². The molecule has 11 heteroatoms. The molecule has 38 heavy (non-hydrogen) atoms. The molecule has 0 radical (unpaired) electrons. The number of carbonyl (C=O) groups excluding carboxylic acids is 1. The van der Waals surface area contributed by atoms with E-state index in [0.29, 0.717) is 22.1 Å². The summed E-state index contributed by atoms with van der Waals surface area (Å²) in [5.41, 5.74) is 1.42. The second-order valence-electron chi connectivity index (χ2n) is 7.91. The topological polar surface area (TPSA) is 85.3 Å². The summed E-state index contributed by atoms with van der Waals surface area (Å²) in [6.07, 6.45) is 3.08. The fourth-order valence-corrected chi connectivity index (χ4v) is 5.83. The number of nitrogens with zero attached hydrogens (tertiary/aromatic N) is 2. The minimum Gasteiger partial charge on any atom is -0.493 e. The Balaban J connectivity index is 1.63. The van der Waals surface area contributed by atoms with E-state index in [1.54, 1.807) is 30.3 Å². The van der Waals surface area contributed by atoms with Crippen molar-refractivity contribution in [2.45, 2.75) is 11.5 Å². The van der Waals surface area contributed by atoms with Gasteiger partial charge in [-0.3, -0.25) is 9.69 Å². The third-order valence-corrected chi connectivity index (χ3v) is 8.11. The van der Waals surface area contributed by atoms with Gasteiger partial charge >= 0.3 is 0 Å². The van der Waals surface area contributed by atoms with Crippen LogP contribution in [0.1, 0.15) is 11.1 Å². The SMILES string of the molecule is C=CCN1C(=O)C(=Cc2ccc(OC)c(OCc3ccccc3Cl)c2)SC1=NS(=O)(=O)c1ccc(F)cc1. The van der Waals surface area contributed by atoms with E-state index in [-0.39, 0.29) is 28.1 Å². The van der Waals surface area contributed by atoms with Gasteiger partial charge < -0.3 is 9.47 Å². The van der Waals surface area contributed by atoms with Crippen molar-refractivity contribution >= 4 is 50.5 Å². The molecule has 3 aromatic carbocycles. The van der Waals surface area contributed by atoms with E-state index in [9.17, 15) is 17.6 Å². The van der Waals surface area contributed by atoms with Gasteiger partial charge in [0, 0.05) is 17.1 Å². The molecule has 0 saturated carbocycles. The number of benzene rings is 3. The predicted molar refractivity (Wildman–Crippen MR) is 147 cm³/mol. The van der Waals surface area contributed by atoms with Crippen molar-refractivity contribution in [2.75, 3.05) is 13.7 Å². The summed E-state index contributed by atoms with van der Waals surface area (Å²) < 4.78 is 54.1. The average Bonchev–Trinajstić information content (AvgIpc) is 3.17. The lowest BCUT2D eigenvalue weighted by Crippen LogP contribution is -2.29. The molecule has 0 spiro atoms. The van der Waals surface area contributed by atoms with Crippen molar-refractivity contribution in [1.29, 1.82) is 0 Å². The molecule has 1 heterocycles. The van der Waals surface area contributed by atoms with E-state index in [2.05, 4.69) is 11.0 Å². The van der Waals surface area contributed by atoms with E-state index in [0.717, 1.165) is 41.6 Å². The highest BCUT2D eigenvalue weighted by Crippen LogP contribution is 2.36. The summed E-state index contributed by atoms with van der Waals surface area (Å²) in [7, 11) is -2.67. The van der Waals surface area contributed by atoms with Crippen LogP contribution in [0.15, 0.2) is 93.6 Å². The second kappa shape index (κ2) is 11.8. The van der Waals surface area contributed by atoms with Gasteiger partial charge in [-0.05, 0) is 65.9 Å². The van der Waals surface area contributed by atoms with Crippen LogP contribution in [0.25, 0.3) is 6.08 Å². The zero-order chi connectivity index (χ0) is 27.3. The first-order valence-corrected chi connectivity index (χ1v) is 13.8. The van der Waals surface area contributed by atoms with E-state index in [4.69, 9.17) is 21.1 Å². The van der Waals surface area contributed by atoms with Crippen LogP contribution in [0, 0.1) is 5.82 Å². The molecule has 1 saturated heterocycles. The van der Waals surface area contributed by atoms with Gasteiger partial charge in [0.25, 0.3) is 15.9 Å². The summed E-state index contributed by atoms with van der Waals surface area (Å²) in [5.74, 6) is -0.0778.